The fourth-order valence-electron chi connectivity index (χ4n) is 5.02. The zero-order valence-corrected chi connectivity index (χ0v) is 20.4. The highest BCUT2D eigenvalue weighted by molar-refractivity contribution is 5.81. The third kappa shape index (κ3) is 4.87. The molecule has 5 aromatic rings. The highest BCUT2D eigenvalue weighted by Gasteiger charge is 2.23. The maximum atomic E-state index is 11.7. The SMILES string of the molecule is O=C(O)CC(c1cnc2ccccc2n1)n1ncc2cc(OCCc3ccc4c(n3)CCCC4)ccc21. The van der Waals surface area contributed by atoms with Crippen molar-refractivity contribution in [2.24, 2.45) is 0 Å². The fourth-order valence-corrected chi connectivity index (χ4v) is 5.02. The van der Waals surface area contributed by atoms with Crippen molar-refractivity contribution in [2.45, 2.75) is 44.6 Å². The number of para-hydroxylation sites is 2. The van der Waals surface area contributed by atoms with Crippen LogP contribution < -0.4 is 4.74 Å². The van der Waals surface area contributed by atoms with Crippen LogP contribution in [0.25, 0.3) is 21.9 Å². The number of carbonyl (C=O) groups is 1. The quantitative estimate of drug-likeness (QED) is 0.327. The van der Waals surface area contributed by atoms with Crippen LogP contribution in [0.4, 0.5) is 0 Å². The van der Waals surface area contributed by atoms with Gasteiger partial charge in [-0.15, -0.1) is 0 Å². The predicted octanol–water partition coefficient (Wildman–Crippen LogP) is 4.94. The Morgan fingerprint density at radius 3 is 2.76 bits per heavy atom. The lowest BCUT2D eigenvalue weighted by molar-refractivity contribution is -0.137. The Bertz CT molecular complexity index is 1600. The Hall–Kier alpha value is -4.33. The average molecular weight is 494 g/mol. The minimum atomic E-state index is -0.931. The monoisotopic (exact) mass is 493 g/mol. The van der Waals surface area contributed by atoms with Crippen LogP contribution in [-0.4, -0.2) is 42.4 Å². The first-order valence-electron chi connectivity index (χ1n) is 12.7. The largest absolute Gasteiger partial charge is 0.493 e. The highest BCUT2D eigenvalue weighted by Crippen LogP contribution is 2.28. The van der Waals surface area contributed by atoms with Gasteiger partial charge in [-0.25, -0.2) is 4.98 Å². The van der Waals surface area contributed by atoms with E-state index in [1.807, 2.05) is 42.5 Å². The summed E-state index contributed by atoms with van der Waals surface area (Å²) in [6, 6.07) is 17.0. The number of fused-ring (bicyclic) bond motifs is 3. The molecule has 1 aliphatic carbocycles. The molecule has 0 aliphatic heterocycles. The minimum absolute atomic E-state index is 0.157. The van der Waals surface area contributed by atoms with Gasteiger partial charge < -0.3 is 9.84 Å². The first-order chi connectivity index (χ1) is 18.1. The van der Waals surface area contributed by atoms with E-state index >= 15 is 0 Å². The summed E-state index contributed by atoms with van der Waals surface area (Å²) in [4.78, 5) is 25.7. The number of rotatable bonds is 8. The number of benzene rings is 2. The fraction of sp³-hybridized carbons (Fsp3) is 0.276. The van der Waals surface area contributed by atoms with E-state index in [0.717, 1.165) is 52.6 Å². The second-order valence-electron chi connectivity index (χ2n) is 9.42. The van der Waals surface area contributed by atoms with E-state index in [2.05, 4.69) is 27.2 Å². The summed E-state index contributed by atoms with van der Waals surface area (Å²) in [6.07, 6.45) is 8.62. The molecule has 8 heteroatoms. The van der Waals surface area contributed by atoms with Gasteiger partial charge in [0.15, 0.2) is 0 Å². The van der Waals surface area contributed by atoms with Crippen LogP contribution >= 0.6 is 0 Å². The number of pyridine rings is 1. The van der Waals surface area contributed by atoms with Crippen molar-refractivity contribution in [2.75, 3.05) is 6.61 Å². The molecule has 3 heterocycles. The van der Waals surface area contributed by atoms with Crippen molar-refractivity contribution >= 4 is 27.9 Å². The number of carboxylic acid groups (broad SMARTS) is 1. The zero-order valence-electron chi connectivity index (χ0n) is 20.4. The van der Waals surface area contributed by atoms with Crippen molar-refractivity contribution in [1.29, 1.82) is 0 Å². The lowest BCUT2D eigenvalue weighted by Gasteiger charge is -2.17. The standard InChI is InChI=1S/C29H27N5O3/c35-29(36)16-28(26-18-30-24-7-3-4-8-25(24)33-26)34-27-12-11-22(15-20(27)17-31-34)37-14-13-21-10-9-19-5-1-2-6-23(19)32-21/h3-4,7-12,15,17-18,28H,1-2,5-6,13-14,16H2,(H,35,36). The summed E-state index contributed by atoms with van der Waals surface area (Å²) in [5.74, 6) is -0.190. The molecule has 6 rings (SSSR count). The molecule has 0 saturated carbocycles. The molecule has 0 fully saturated rings. The summed E-state index contributed by atoms with van der Waals surface area (Å²) < 4.78 is 7.75. The Balaban J connectivity index is 1.21. The van der Waals surface area contributed by atoms with Crippen LogP contribution in [0.2, 0.25) is 0 Å². The molecule has 2 aromatic carbocycles. The van der Waals surface area contributed by atoms with Gasteiger partial charge in [0.1, 0.15) is 11.8 Å². The van der Waals surface area contributed by atoms with Crippen LogP contribution in [0.5, 0.6) is 5.75 Å². The summed E-state index contributed by atoms with van der Waals surface area (Å²) in [5, 5.41) is 15.0. The second kappa shape index (κ2) is 9.97. The lowest BCUT2D eigenvalue weighted by atomic mass is 9.96. The van der Waals surface area contributed by atoms with Crippen molar-refractivity contribution in [3.63, 3.8) is 0 Å². The molecule has 0 radical (unpaired) electrons. The molecular formula is C29H27N5O3. The third-order valence-corrected chi connectivity index (χ3v) is 6.90. The van der Waals surface area contributed by atoms with Crippen LogP contribution in [0.15, 0.2) is 67.0 Å². The first-order valence-corrected chi connectivity index (χ1v) is 12.7. The van der Waals surface area contributed by atoms with E-state index in [9.17, 15) is 9.90 Å². The molecule has 8 nitrogen and oxygen atoms in total. The van der Waals surface area contributed by atoms with Gasteiger partial charge in [0, 0.05) is 23.2 Å². The van der Waals surface area contributed by atoms with Gasteiger partial charge >= 0.3 is 5.97 Å². The first kappa shape index (κ1) is 23.1. The number of aryl methyl sites for hydroxylation is 2. The Labute approximate surface area is 214 Å². The molecule has 0 saturated heterocycles. The van der Waals surface area contributed by atoms with E-state index in [-0.39, 0.29) is 6.42 Å². The molecule has 0 bridgehead atoms. The maximum absolute atomic E-state index is 11.7. The molecule has 1 unspecified atom stereocenters. The summed E-state index contributed by atoms with van der Waals surface area (Å²) >= 11 is 0. The third-order valence-electron chi connectivity index (χ3n) is 6.90. The van der Waals surface area contributed by atoms with Gasteiger partial charge in [-0.3, -0.25) is 19.4 Å². The van der Waals surface area contributed by atoms with Gasteiger partial charge in [0.2, 0.25) is 0 Å². The number of hydrogen-bond acceptors (Lipinski definition) is 6. The van der Waals surface area contributed by atoms with Crippen molar-refractivity contribution in [3.05, 3.63) is 89.6 Å². The van der Waals surface area contributed by atoms with E-state index in [1.165, 1.54) is 24.1 Å². The van der Waals surface area contributed by atoms with Gasteiger partial charge in [-0.1, -0.05) is 18.2 Å². The molecular weight excluding hydrogens is 466 g/mol. The van der Waals surface area contributed by atoms with E-state index in [0.29, 0.717) is 12.3 Å². The van der Waals surface area contributed by atoms with Crippen molar-refractivity contribution < 1.29 is 14.6 Å². The second-order valence-corrected chi connectivity index (χ2v) is 9.42. The van der Waals surface area contributed by atoms with Crippen molar-refractivity contribution in [3.8, 4) is 5.75 Å². The van der Waals surface area contributed by atoms with E-state index in [1.54, 1.807) is 17.1 Å². The Kier molecular flexibility index (Phi) is 6.22. The van der Waals surface area contributed by atoms with Gasteiger partial charge in [-0.2, -0.15) is 5.10 Å². The number of ether oxygens (including phenoxy) is 1. The molecule has 0 spiro atoms. The zero-order chi connectivity index (χ0) is 25.2. The number of hydrogen-bond donors (Lipinski definition) is 1. The van der Waals surface area contributed by atoms with E-state index in [4.69, 9.17) is 9.72 Å². The van der Waals surface area contributed by atoms with Gasteiger partial charge in [-0.05, 0) is 67.6 Å². The molecule has 37 heavy (non-hydrogen) atoms. The smallest absolute Gasteiger partial charge is 0.305 e. The van der Waals surface area contributed by atoms with Crippen LogP contribution in [0.1, 0.15) is 47.9 Å². The molecule has 1 aliphatic rings. The molecule has 186 valence electrons. The Morgan fingerprint density at radius 2 is 1.86 bits per heavy atom. The summed E-state index contributed by atoms with van der Waals surface area (Å²) in [7, 11) is 0. The normalized spacial score (nSPS) is 13.9. The highest BCUT2D eigenvalue weighted by atomic mass is 16.5. The van der Waals surface area contributed by atoms with E-state index < -0.39 is 12.0 Å². The average Bonchev–Trinajstić information content (AvgIpc) is 3.34. The van der Waals surface area contributed by atoms with Gasteiger partial charge in [0.05, 0.1) is 47.7 Å². The predicted molar refractivity (Wildman–Crippen MR) is 140 cm³/mol. The molecule has 1 N–H and O–H groups in total. The van der Waals surface area contributed by atoms with Crippen LogP contribution in [-0.2, 0) is 24.1 Å². The molecule has 1 atom stereocenters. The summed E-state index contributed by atoms with van der Waals surface area (Å²) in [6.45, 7) is 0.528. The maximum Gasteiger partial charge on any atom is 0.305 e. The molecule has 0 amide bonds. The number of aliphatic carboxylic acids is 1. The number of carboxylic acids is 1. The molecule has 3 aromatic heterocycles. The number of nitrogens with zero attached hydrogens (tertiary/aromatic N) is 5. The van der Waals surface area contributed by atoms with Crippen molar-refractivity contribution in [1.82, 2.24) is 24.7 Å². The van der Waals surface area contributed by atoms with Crippen LogP contribution in [0, 0.1) is 0 Å². The number of aromatic nitrogens is 5. The lowest BCUT2D eigenvalue weighted by Crippen LogP contribution is -2.18. The topological polar surface area (TPSA) is 103 Å². The minimum Gasteiger partial charge on any atom is -0.493 e. The summed E-state index contributed by atoms with van der Waals surface area (Å²) in [5.41, 5.74) is 6.53. The van der Waals surface area contributed by atoms with Crippen LogP contribution in [0.3, 0.4) is 0 Å². The van der Waals surface area contributed by atoms with Gasteiger partial charge in [0.25, 0.3) is 0 Å². The Morgan fingerprint density at radius 1 is 1.00 bits per heavy atom.